The van der Waals surface area contributed by atoms with E-state index in [1.54, 1.807) is 48.5 Å². The van der Waals surface area contributed by atoms with Crippen molar-refractivity contribution in [1.82, 2.24) is 0 Å². The molecule has 4 rings (SSSR count). The third-order valence-electron chi connectivity index (χ3n) is 4.93. The van der Waals surface area contributed by atoms with E-state index in [4.69, 9.17) is 14.2 Å². The molecule has 1 aliphatic heterocycles. The molecule has 34 heavy (non-hydrogen) atoms. The molecular weight excluding hydrogens is 440 g/mol. The second-order valence-electron chi connectivity index (χ2n) is 7.30. The number of hydrogen-bond acceptors (Lipinski definition) is 7. The Morgan fingerprint density at radius 1 is 0.824 bits per heavy atom. The van der Waals surface area contributed by atoms with Crippen LogP contribution in [0.5, 0.6) is 11.5 Å². The fourth-order valence-electron chi connectivity index (χ4n) is 3.29. The fraction of sp³-hybridized carbons (Fsp3) is 0.120. The Morgan fingerprint density at radius 2 is 1.50 bits per heavy atom. The number of hydrogen-bond donors (Lipinski definition) is 2. The van der Waals surface area contributed by atoms with Crippen LogP contribution in [0.25, 0.3) is 0 Å². The third-order valence-corrected chi connectivity index (χ3v) is 4.93. The molecule has 1 aliphatic rings. The average Bonchev–Trinajstić information content (AvgIpc) is 3.30. The smallest absolute Gasteiger partial charge is 0.340 e. The number of benzene rings is 3. The lowest BCUT2D eigenvalue weighted by atomic mass is 10.1. The highest BCUT2D eigenvalue weighted by Gasteiger charge is 2.21. The second kappa shape index (κ2) is 9.86. The Morgan fingerprint density at radius 3 is 2.24 bits per heavy atom. The molecule has 9 heteroatoms. The lowest BCUT2D eigenvalue weighted by molar-refractivity contribution is -0.119. The maximum Gasteiger partial charge on any atom is 0.340 e. The molecule has 0 saturated heterocycles. The Hall–Kier alpha value is -4.66. The Kier molecular flexibility index (Phi) is 6.54. The molecule has 9 nitrogen and oxygen atoms in total. The van der Waals surface area contributed by atoms with Crippen molar-refractivity contribution in [2.45, 2.75) is 6.92 Å². The number of ether oxygens (including phenoxy) is 3. The fourth-order valence-corrected chi connectivity index (χ4v) is 3.29. The van der Waals surface area contributed by atoms with Gasteiger partial charge in [0, 0.05) is 17.2 Å². The molecule has 0 saturated carbocycles. The highest BCUT2D eigenvalue weighted by molar-refractivity contribution is 6.08. The van der Waals surface area contributed by atoms with Crippen molar-refractivity contribution in [3.63, 3.8) is 0 Å². The summed E-state index contributed by atoms with van der Waals surface area (Å²) in [5.41, 5.74) is 1.21. The summed E-state index contributed by atoms with van der Waals surface area (Å²) in [6.07, 6.45) is 0. The quantitative estimate of drug-likeness (QED) is 0.408. The number of Topliss-reactive ketones (excluding diaryl/α,β-unsaturated/α-hetero) is 1. The van der Waals surface area contributed by atoms with Crippen LogP contribution in [-0.2, 0) is 9.53 Å². The topological polar surface area (TPSA) is 120 Å². The van der Waals surface area contributed by atoms with Gasteiger partial charge in [-0.3, -0.25) is 14.4 Å². The van der Waals surface area contributed by atoms with Crippen LogP contribution in [-0.4, -0.2) is 37.0 Å². The van der Waals surface area contributed by atoms with Gasteiger partial charge in [0.05, 0.1) is 16.9 Å². The minimum Gasteiger partial charge on any atom is -0.454 e. The Balaban J connectivity index is 1.41. The molecule has 2 amide bonds. The van der Waals surface area contributed by atoms with Gasteiger partial charge in [0.1, 0.15) is 0 Å². The predicted molar refractivity (Wildman–Crippen MR) is 122 cm³/mol. The van der Waals surface area contributed by atoms with Gasteiger partial charge in [-0.2, -0.15) is 0 Å². The Labute approximate surface area is 194 Å². The van der Waals surface area contributed by atoms with Gasteiger partial charge < -0.3 is 24.8 Å². The molecule has 3 aromatic rings. The number of anilines is 2. The summed E-state index contributed by atoms with van der Waals surface area (Å²) in [4.78, 5) is 49.5. The third kappa shape index (κ3) is 5.04. The molecule has 0 atom stereocenters. The van der Waals surface area contributed by atoms with Crippen LogP contribution in [0.1, 0.15) is 38.0 Å². The largest absolute Gasteiger partial charge is 0.454 e. The molecule has 0 aromatic heterocycles. The molecule has 2 N–H and O–H groups in total. The number of ketones is 1. The van der Waals surface area contributed by atoms with Gasteiger partial charge >= 0.3 is 5.97 Å². The number of esters is 1. The summed E-state index contributed by atoms with van der Waals surface area (Å²) in [6.45, 7) is 0.765. The number of nitrogens with one attached hydrogen (secondary N) is 2. The predicted octanol–water partition coefficient (Wildman–Crippen LogP) is 3.67. The highest BCUT2D eigenvalue weighted by atomic mass is 16.7. The van der Waals surface area contributed by atoms with E-state index in [2.05, 4.69) is 10.6 Å². The minimum absolute atomic E-state index is 0.0158. The Bertz CT molecular complexity index is 1270. The molecule has 0 unspecified atom stereocenters. The van der Waals surface area contributed by atoms with Gasteiger partial charge in [-0.05, 0) is 37.3 Å². The first-order valence-corrected chi connectivity index (χ1v) is 10.3. The summed E-state index contributed by atoms with van der Waals surface area (Å²) >= 11 is 0. The average molecular weight is 460 g/mol. The number of rotatable bonds is 7. The lowest BCUT2D eigenvalue weighted by Crippen LogP contribution is -2.23. The van der Waals surface area contributed by atoms with Crippen molar-refractivity contribution in [2.24, 2.45) is 0 Å². The second-order valence-corrected chi connectivity index (χ2v) is 7.30. The number of carbonyl (C=O) groups is 4. The zero-order valence-corrected chi connectivity index (χ0v) is 18.1. The molecular formula is C25H20N2O7. The van der Waals surface area contributed by atoms with Crippen molar-refractivity contribution < 1.29 is 33.4 Å². The minimum atomic E-state index is -0.795. The number of amides is 2. The number of carbonyl (C=O) groups excluding carboxylic acids is 4. The van der Waals surface area contributed by atoms with E-state index in [1.807, 2.05) is 0 Å². The van der Waals surface area contributed by atoms with Crippen LogP contribution < -0.4 is 20.1 Å². The summed E-state index contributed by atoms with van der Waals surface area (Å²) in [7, 11) is 0. The van der Waals surface area contributed by atoms with Gasteiger partial charge in [-0.25, -0.2) is 4.79 Å². The van der Waals surface area contributed by atoms with Gasteiger partial charge in [0.25, 0.3) is 11.8 Å². The number of para-hydroxylation sites is 1. The summed E-state index contributed by atoms with van der Waals surface area (Å²) in [5.74, 6) is -1.33. The number of fused-ring (bicyclic) bond motifs is 1. The molecule has 172 valence electrons. The standard InChI is InChI=1S/C25H20N2O7/c1-15(28)18-11-21-22(34-14-33-21)12-20(18)26-23(29)13-32-25(31)17-9-5-6-10-19(17)27-24(30)16-7-3-2-4-8-16/h2-12H,13-14H2,1H3,(H,26,29)(H,27,30). The maximum absolute atomic E-state index is 12.6. The van der Waals surface area contributed by atoms with Crippen LogP contribution in [0.4, 0.5) is 11.4 Å². The summed E-state index contributed by atoms with van der Waals surface area (Å²) in [6, 6.07) is 17.8. The monoisotopic (exact) mass is 460 g/mol. The van der Waals surface area contributed by atoms with Crippen LogP contribution in [0, 0.1) is 0 Å². The first-order chi connectivity index (χ1) is 16.4. The van der Waals surface area contributed by atoms with E-state index in [1.165, 1.54) is 25.1 Å². The lowest BCUT2D eigenvalue weighted by Gasteiger charge is -2.12. The van der Waals surface area contributed by atoms with E-state index < -0.39 is 24.4 Å². The molecule has 0 radical (unpaired) electrons. The van der Waals surface area contributed by atoms with Gasteiger partial charge in [-0.15, -0.1) is 0 Å². The maximum atomic E-state index is 12.6. The molecule has 1 heterocycles. The van der Waals surface area contributed by atoms with Crippen LogP contribution in [0.2, 0.25) is 0 Å². The van der Waals surface area contributed by atoms with Crippen molar-refractivity contribution in [2.75, 3.05) is 24.0 Å². The first-order valence-electron chi connectivity index (χ1n) is 10.3. The van der Waals surface area contributed by atoms with Crippen molar-refractivity contribution in [3.05, 3.63) is 83.4 Å². The zero-order valence-electron chi connectivity index (χ0n) is 18.1. The molecule has 0 fully saturated rings. The van der Waals surface area contributed by atoms with E-state index in [0.29, 0.717) is 17.1 Å². The van der Waals surface area contributed by atoms with E-state index in [-0.39, 0.29) is 35.1 Å². The summed E-state index contributed by atoms with van der Waals surface area (Å²) in [5, 5.41) is 5.23. The normalized spacial score (nSPS) is 11.4. The SMILES string of the molecule is CC(=O)c1cc2c(cc1NC(=O)COC(=O)c1ccccc1NC(=O)c1ccccc1)OCO2. The van der Waals surface area contributed by atoms with E-state index >= 15 is 0 Å². The van der Waals surface area contributed by atoms with Crippen LogP contribution >= 0.6 is 0 Å². The van der Waals surface area contributed by atoms with Crippen LogP contribution in [0.15, 0.2) is 66.7 Å². The van der Waals surface area contributed by atoms with Gasteiger partial charge in [-0.1, -0.05) is 30.3 Å². The van der Waals surface area contributed by atoms with E-state index in [0.717, 1.165) is 0 Å². The van der Waals surface area contributed by atoms with Crippen molar-refractivity contribution in [1.29, 1.82) is 0 Å². The molecule has 0 aliphatic carbocycles. The van der Waals surface area contributed by atoms with Crippen LogP contribution in [0.3, 0.4) is 0 Å². The van der Waals surface area contributed by atoms with E-state index in [9.17, 15) is 19.2 Å². The van der Waals surface area contributed by atoms with Crippen molar-refractivity contribution >= 4 is 34.9 Å². The highest BCUT2D eigenvalue weighted by Crippen LogP contribution is 2.37. The first kappa shape index (κ1) is 22.5. The molecule has 0 bridgehead atoms. The summed E-state index contributed by atoms with van der Waals surface area (Å²) < 4.78 is 15.7. The molecule has 0 spiro atoms. The van der Waals surface area contributed by atoms with Crippen molar-refractivity contribution in [3.8, 4) is 11.5 Å². The van der Waals surface area contributed by atoms with Gasteiger partial charge in [0.15, 0.2) is 23.9 Å². The van der Waals surface area contributed by atoms with Gasteiger partial charge in [0.2, 0.25) is 6.79 Å². The molecule has 3 aromatic carbocycles. The zero-order chi connectivity index (χ0) is 24.1.